The Morgan fingerprint density at radius 1 is 1.12 bits per heavy atom. The lowest BCUT2D eigenvalue weighted by atomic mass is 10.2. The summed E-state index contributed by atoms with van der Waals surface area (Å²) in [5, 5.41) is 8.58. The zero-order valence-corrected chi connectivity index (χ0v) is 14.5. The molecule has 124 valence electrons. The Morgan fingerprint density at radius 2 is 1.92 bits per heavy atom. The second-order valence-corrected chi connectivity index (χ2v) is 7.07. The Labute approximate surface area is 145 Å². The lowest BCUT2D eigenvalue weighted by Gasteiger charge is -2.28. The minimum atomic E-state index is 0.733. The second-order valence-electron chi connectivity index (χ2n) is 5.85. The van der Waals surface area contributed by atoms with E-state index in [9.17, 15) is 0 Å². The molecule has 0 aliphatic carbocycles. The van der Waals surface area contributed by atoms with Crippen molar-refractivity contribution in [2.45, 2.75) is 6.54 Å². The number of aryl methyl sites for hydroxylation is 1. The van der Waals surface area contributed by atoms with Gasteiger partial charge in [0.25, 0.3) is 0 Å². The molecule has 0 bridgehead atoms. The van der Waals surface area contributed by atoms with Crippen LogP contribution in [-0.4, -0.2) is 44.3 Å². The molecule has 4 rings (SSSR count). The SMILES string of the molecule is Cn1ncc2c(NCc3ccc(N4CCSCC4)cc3)ncnc21. The highest BCUT2D eigenvalue weighted by Gasteiger charge is 2.11. The lowest BCUT2D eigenvalue weighted by molar-refractivity contribution is 0.785. The van der Waals surface area contributed by atoms with Crippen molar-refractivity contribution in [2.75, 3.05) is 34.8 Å². The van der Waals surface area contributed by atoms with Crippen molar-refractivity contribution in [3.8, 4) is 0 Å². The van der Waals surface area contributed by atoms with E-state index in [-0.39, 0.29) is 0 Å². The zero-order chi connectivity index (χ0) is 16.4. The fraction of sp³-hybridized carbons (Fsp3) is 0.353. The third-order valence-electron chi connectivity index (χ3n) is 4.30. The molecule has 0 atom stereocenters. The molecule has 2 aromatic heterocycles. The van der Waals surface area contributed by atoms with Crippen molar-refractivity contribution in [1.82, 2.24) is 19.7 Å². The average molecular weight is 340 g/mol. The van der Waals surface area contributed by atoms with Crippen LogP contribution >= 0.6 is 11.8 Å². The number of anilines is 2. The topological polar surface area (TPSA) is 58.9 Å². The Hall–Kier alpha value is -2.28. The van der Waals surface area contributed by atoms with Crippen LogP contribution in [0.15, 0.2) is 36.8 Å². The highest BCUT2D eigenvalue weighted by atomic mass is 32.2. The molecule has 7 heteroatoms. The van der Waals surface area contributed by atoms with Gasteiger partial charge in [0, 0.05) is 43.9 Å². The van der Waals surface area contributed by atoms with Gasteiger partial charge in [-0.15, -0.1) is 0 Å². The van der Waals surface area contributed by atoms with Crippen LogP contribution in [0.4, 0.5) is 11.5 Å². The lowest BCUT2D eigenvalue weighted by Crippen LogP contribution is -2.32. The average Bonchev–Trinajstić information content (AvgIpc) is 3.03. The van der Waals surface area contributed by atoms with Crippen LogP contribution in [0.2, 0.25) is 0 Å². The number of nitrogens with zero attached hydrogens (tertiary/aromatic N) is 5. The minimum absolute atomic E-state index is 0.733. The summed E-state index contributed by atoms with van der Waals surface area (Å²) in [5.74, 6) is 3.27. The highest BCUT2D eigenvalue weighted by molar-refractivity contribution is 7.99. The molecule has 0 radical (unpaired) electrons. The van der Waals surface area contributed by atoms with E-state index >= 15 is 0 Å². The summed E-state index contributed by atoms with van der Waals surface area (Å²) in [6.07, 6.45) is 3.37. The largest absolute Gasteiger partial charge is 0.370 e. The van der Waals surface area contributed by atoms with Crippen molar-refractivity contribution < 1.29 is 0 Å². The van der Waals surface area contributed by atoms with E-state index in [1.807, 2.05) is 18.8 Å². The Kier molecular flexibility index (Phi) is 4.25. The van der Waals surface area contributed by atoms with Crippen LogP contribution in [-0.2, 0) is 13.6 Å². The van der Waals surface area contributed by atoms with Crippen LogP contribution in [0.1, 0.15) is 5.56 Å². The van der Waals surface area contributed by atoms with Gasteiger partial charge in [-0.3, -0.25) is 4.68 Å². The van der Waals surface area contributed by atoms with Crippen molar-refractivity contribution in [1.29, 1.82) is 0 Å². The zero-order valence-electron chi connectivity index (χ0n) is 13.6. The predicted octanol–water partition coefficient (Wildman–Crippen LogP) is 2.53. The molecule has 0 spiro atoms. The van der Waals surface area contributed by atoms with Gasteiger partial charge in [-0.1, -0.05) is 12.1 Å². The standard InChI is InChI=1S/C17H20N6S/c1-22-17-15(11-21-22)16(19-12-20-17)18-10-13-2-4-14(5-3-13)23-6-8-24-9-7-23/h2-5,11-12H,6-10H2,1H3,(H,18,19,20). The number of hydrogen-bond acceptors (Lipinski definition) is 6. The third-order valence-corrected chi connectivity index (χ3v) is 5.24. The van der Waals surface area contributed by atoms with Gasteiger partial charge in [-0.2, -0.15) is 16.9 Å². The normalized spacial score (nSPS) is 15.0. The Bertz CT molecular complexity index is 823. The summed E-state index contributed by atoms with van der Waals surface area (Å²) in [6.45, 7) is 3.02. The smallest absolute Gasteiger partial charge is 0.163 e. The number of aromatic nitrogens is 4. The van der Waals surface area contributed by atoms with Crippen LogP contribution < -0.4 is 10.2 Å². The molecule has 0 unspecified atom stereocenters. The fourth-order valence-electron chi connectivity index (χ4n) is 2.93. The molecular weight excluding hydrogens is 320 g/mol. The highest BCUT2D eigenvalue weighted by Crippen LogP contribution is 2.21. The van der Waals surface area contributed by atoms with Crippen molar-refractivity contribution in [2.24, 2.45) is 7.05 Å². The molecule has 1 aromatic carbocycles. The first-order valence-electron chi connectivity index (χ1n) is 8.09. The third kappa shape index (κ3) is 3.03. The van der Waals surface area contributed by atoms with Crippen LogP contribution in [0.5, 0.6) is 0 Å². The molecule has 3 aromatic rings. The van der Waals surface area contributed by atoms with E-state index in [4.69, 9.17) is 0 Å². The Balaban J connectivity index is 1.45. The van der Waals surface area contributed by atoms with Gasteiger partial charge >= 0.3 is 0 Å². The number of rotatable bonds is 4. The molecule has 0 saturated carbocycles. The van der Waals surface area contributed by atoms with Gasteiger partial charge in [-0.25, -0.2) is 9.97 Å². The van der Waals surface area contributed by atoms with E-state index in [1.165, 1.54) is 22.8 Å². The molecule has 1 fully saturated rings. The first-order chi connectivity index (χ1) is 11.8. The summed E-state index contributed by atoms with van der Waals surface area (Å²) >= 11 is 2.03. The van der Waals surface area contributed by atoms with Gasteiger partial charge in [-0.05, 0) is 17.7 Å². The monoisotopic (exact) mass is 340 g/mol. The summed E-state index contributed by atoms with van der Waals surface area (Å²) < 4.78 is 1.76. The molecule has 1 aliphatic heterocycles. The summed E-state index contributed by atoms with van der Waals surface area (Å²) in [4.78, 5) is 11.1. The van der Waals surface area contributed by atoms with E-state index in [0.29, 0.717) is 0 Å². The molecule has 1 aliphatic rings. The van der Waals surface area contributed by atoms with Gasteiger partial charge in [0.15, 0.2) is 5.65 Å². The van der Waals surface area contributed by atoms with Crippen molar-refractivity contribution >= 4 is 34.3 Å². The van der Waals surface area contributed by atoms with Crippen molar-refractivity contribution in [3.05, 3.63) is 42.4 Å². The fourth-order valence-corrected chi connectivity index (χ4v) is 3.84. The molecular formula is C17H20N6S. The van der Waals surface area contributed by atoms with Crippen LogP contribution in [0, 0.1) is 0 Å². The molecule has 1 saturated heterocycles. The number of thioether (sulfide) groups is 1. The maximum absolute atomic E-state index is 4.34. The Morgan fingerprint density at radius 3 is 2.71 bits per heavy atom. The summed E-state index contributed by atoms with van der Waals surface area (Å²) in [7, 11) is 1.89. The molecule has 0 amide bonds. The van der Waals surface area contributed by atoms with Crippen LogP contribution in [0.25, 0.3) is 11.0 Å². The summed E-state index contributed by atoms with van der Waals surface area (Å²) in [6, 6.07) is 8.80. The predicted molar refractivity (Wildman–Crippen MR) is 99.6 cm³/mol. The van der Waals surface area contributed by atoms with E-state index in [1.54, 1.807) is 17.2 Å². The van der Waals surface area contributed by atoms with E-state index in [2.05, 4.69) is 49.5 Å². The van der Waals surface area contributed by atoms with Crippen LogP contribution in [0.3, 0.4) is 0 Å². The maximum atomic E-state index is 4.34. The summed E-state index contributed by atoms with van der Waals surface area (Å²) in [5.41, 5.74) is 3.39. The van der Waals surface area contributed by atoms with Gasteiger partial charge in [0.1, 0.15) is 12.1 Å². The quantitative estimate of drug-likeness (QED) is 0.788. The second kappa shape index (κ2) is 6.68. The molecule has 3 heterocycles. The minimum Gasteiger partial charge on any atom is -0.370 e. The van der Waals surface area contributed by atoms with Crippen molar-refractivity contribution in [3.63, 3.8) is 0 Å². The maximum Gasteiger partial charge on any atom is 0.163 e. The first kappa shape index (κ1) is 15.3. The number of hydrogen-bond donors (Lipinski definition) is 1. The number of fused-ring (bicyclic) bond motifs is 1. The molecule has 6 nitrogen and oxygen atoms in total. The molecule has 24 heavy (non-hydrogen) atoms. The van der Waals surface area contributed by atoms with E-state index in [0.717, 1.165) is 36.5 Å². The number of nitrogens with one attached hydrogen (secondary N) is 1. The molecule has 1 N–H and O–H groups in total. The van der Waals surface area contributed by atoms with E-state index < -0.39 is 0 Å². The van der Waals surface area contributed by atoms with Gasteiger partial charge in [0.2, 0.25) is 0 Å². The first-order valence-corrected chi connectivity index (χ1v) is 9.25. The van der Waals surface area contributed by atoms with Gasteiger partial charge < -0.3 is 10.2 Å². The number of benzene rings is 1. The van der Waals surface area contributed by atoms with Gasteiger partial charge in [0.05, 0.1) is 11.6 Å².